The molecule has 1 amide bonds. The Morgan fingerprint density at radius 1 is 0.607 bits per heavy atom. The van der Waals surface area contributed by atoms with Crippen molar-refractivity contribution in [2.45, 2.75) is 51.1 Å². The molecule has 31 heteroatoms. The van der Waals surface area contributed by atoms with Gasteiger partial charge in [-0.2, -0.15) is 40.1 Å². The van der Waals surface area contributed by atoms with E-state index in [9.17, 15) is 4.79 Å². The van der Waals surface area contributed by atoms with Crippen LogP contribution in [0.2, 0.25) is 30.4 Å². The normalized spacial score (nSPS) is 19.1. The molecule has 84 heavy (non-hydrogen) atoms. The van der Waals surface area contributed by atoms with Gasteiger partial charge in [0.1, 0.15) is 67.4 Å². The zero-order valence-electron chi connectivity index (χ0n) is 45.1. The van der Waals surface area contributed by atoms with Gasteiger partial charge < -0.3 is 43.1 Å². The molecule has 4 aliphatic rings. The first-order valence-electron chi connectivity index (χ1n) is 25.8. The summed E-state index contributed by atoms with van der Waals surface area (Å²) in [5.41, 5.74) is 2.11. The zero-order valence-corrected chi connectivity index (χ0v) is 52.9. The third-order valence-electron chi connectivity index (χ3n) is 14.4. The number of likely N-dealkylation sites (N-methyl/N-ethyl adjacent to an activating group) is 2. The zero-order chi connectivity index (χ0) is 57.9. The highest BCUT2D eigenvalue weighted by Gasteiger charge is 2.36. The van der Waals surface area contributed by atoms with Gasteiger partial charge in [-0.05, 0) is 63.7 Å². The number of aromatic nitrogens is 10. The highest BCUT2D eigenvalue weighted by atomic mass is 127. The van der Waals surface area contributed by atoms with E-state index >= 15 is 0 Å². The van der Waals surface area contributed by atoms with Crippen molar-refractivity contribution in [1.29, 1.82) is 0 Å². The second-order valence-corrected chi connectivity index (χ2v) is 22.0. The van der Waals surface area contributed by atoms with Crippen molar-refractivity contribution in [2.24, 2.45) is 0 Å². The summed E-state index contributed by atoms with van der Waals surface area (Å²) < 4.78 is 36.6. The summed E-state index contributed by atoms with van der Waals surface area (Å²) in [6.45, 7) is 12.5. The number of nitrogens with one attached hydrogen (secondary N) is 2. The minimum Gasteiger partial charge on any atom is -0.456 e. The maximum atomic E-state index is 12.2. The van der Waals surface area contributed by atoms with Crippen molar-refractivity contribution in [2.75, 3.05) is 104 Å². The number of carbonyl (C=O) groups excluding carboxylic acids is 1. The van der Waals surface area contributed by atoms with E-state index < -0.39 is 0 Å². The minimum atomic E-state index is -0.301. The first kappa shape index (κ1) is 65.0. The van der Waals surface area contributed by atoms with Crippen LogP contribution in [0.4, 0.5) is 16.3 Å². The predicted molar refractivity (Wildman–Crippen MR) is 340 cm³/mol. The molecule has 1 unspecified atom stereocenters. The molecule has 2 N–H and O–H groups in total. The van der Waals surface area contributed by atoms with Crippen molar-refractivity contribution in [3.05, 3.63) is 79.7 Å². The highest BCUT2D eigenvalue weighted by molar-refractivity contribution is 14.2. The van der Waals surface area contributed by atoms with Crippen LogP contribution in [0.25, 0.3) is 43.6 Å². The number of ether oxygens (including phenoxy) is 6. The molecule has 22 nitrogen and oxygen atoms in total. The first-order chi connectivity index (χ1) is 39.7. The van der Waals surface area contributed by atoms with Crippen molar-refractivity contribution in [1.82, 2.24) is 65.0 Å². The van der Waals surface area contributed by atoms with Gasteiger partial charge in [-0.3, -0.25) is 29.5 Å². The first-order valence-corrected chi connectivity index (χ1v) is 32.2. The Morgan fingerprint density at radius 3 is 1.44 bits per heavy atom. The van der Waals surface area contributed by atoms with E-state index in [0.717, 1.165) is 38.3 Å². The lowest BCUT2D eigenvalue weighted by molar-refractivity contribution is -0.126. The van der Waals surface area contributed by atoms with Crippen LogP contribution in [0, 0.1) is 0 Å². The smallest absolute Gasteiger partial charge is 0.319 e. The summed E-state index contributed by atoms with van der Waals surface area (Å²) in [6, 6.07) is 7.14. The third kappa shape index (κ3) is 13.9. The van der Waals surface area contributed by atoms with Gasteiger partial charge in [-0.25, -0.2) is 0 Å². The van der Waals surface area contributed by atoms with E-state index in [-0.39, 0.29) is 97.4 Å². The number of likely N-dealkylation sites (tertiary alicyclic amines) is 2. The molecule has 8 aromatic rings. The second kappa shape index (κ2) is 28.7. The summed E-state index contributed by atoms with van der Waals surface area (Å²) >= 11 is 41.0. The molecule has 4 fully saturated rings. The van der Waals surface area contributed by atoms with Crippen LogP contribution in [0.1, 0.15) is 26.7 Å². The lowest BCUT2D eigenvalue weighted by Gasteiger charge is -2.35. The number of pyridine rings is 2. The molecular formula is C53H60Cl6FIN15O7P. The maximum absolute atomic E-state index is 12.2. The Balaban J connectivity index is 0.000000209. The van der Waals surface area contributed by atoms with Crippen LogP contribution in [-0.4, -0.2) is 189 Å². The second-order valence-electron chi connectivity index (χ2n) is 19.7. The monoisotopic (exact) mass is 1410 g/mol. The fourth-order valence-corrected chi connectivity index (χ4v) is 11.5. The SMILES string of the molecule is C.C=CC(=O)N1CCN(c2nc(O[C@@H]3CN(C)C[C@H]3OC)nc3c(Oc4c(Cl)c(Cl)cc5[nH]ncc45)nc(Cl)cc23)CC1.CO[C@@H]1CN(C)C[C@H]1Oc1nc(N2CCCCC2)c2cc(Cl)nc(Oc3c(Cl)c(Cl)cc4[nH]ncc34)c2n1.F.PI. The molecule has 0 saturated carbocycles. The van der Waals surface area contributed by atoms with E-state index in [4.69, 9.17) is 118 Å². The number of H-pyrrole nitrogens is 2. The van der Waals surface area contributed by atoms with Gasteiger partial charge in [0.25, 0.3) is 0 Å². The summed E-state index contributed by atoms with van der Waals surface area (Å²) in [5.74, 6) is 1.98. The van der Waals surface area contributed by atoms with Crippen LogP contribution in [0.15, 0.2) is 49.3 Å². The summed E-state index contributed by atoms with van der Waals surface area (Å²) in [5, 5.41) is 17.9. The Hall–Kier alpha value is -4.96. The van der Waals surface area contributed by atoms with Gasteiger partial charge in [0.05, 0.1) is 55.0 Å². The van der Waals surface area contributed by atoms with E-state index in [0.29, 0.717) is 106 Å². The number of piperidine rings is 1. The van der Waals surface area contributed by atoms with Crippen molar-refractivity contribution in [3.63, 3.8) is 0 Å². The minimum absolute atomic E-state index is 0. The Labute approximate surface area is 528 Å². The standard InChI is InChI=1S/C27H27Cl3N8O4.C25H26Cl3N7O3.CH4.FH.H2IP/c1-4-21(39)37-5-7-38(8-6-37)25-14-9-20(29)32-26(42-24-15-11-31-35-17(15)10-16(28)22(24)30)23(14)33-27(34-25)41-19-13-36(2)12-18(19)40-3;1-34-11-17(36-2)18(12-34)37-25-31-21-13(23(32-25)35-6-4-3-5-7-35)8-19(27)30-24(21)38-22-14-10-29-33-16(14)9-15(26)20(22)28;;;1-2/h4,9-11,18-19H,1,5-8,12-13H2,2-3H3,(H,31,35);8-10,17-18H,3-7,11-12H2,1-2H3,(H,29,33);1H4;1H;2H2/t18-,19-;17-,18-;;;/m11.../s1. The number of aromatic amines is 2. The number of methoxy groups -OCH3 is 2. The van der Waals surface area contributed by atoms with Crippen molar-refractivity contribution >= 4 is 160 Å². The number of rotatable bonds is 13. The largest absolute Gasteiger partial charge is 0.456 e. The van der Waals surface area contributed by atoms with Gasteiger partial charge in [0.2, 0.25) is 17.7 Å². The summed E-state index contributed by atoms with van der Waals surface area (Å²) in [6.07, 6.45) is 7.04. The lowest BCUT2D eigenvalue weighted by atomic mass is 10.1. The van der Waals surface area contributed by atoms with Crippen molar-refractivity contribution in [3.8, 4) is 35.3 Å². The molecule has 450 valence electrons. The third-order valence-corrected chi connectivity index (χ3v) is 16.3. The fraction of sp³-hybridized carbons (Fsp3) is 0.415. The lowest BCUT2D eigenvalue weighted by Crippen LogP contribution is -2.48. The number of nitrogens with zero attached hydrogens (tertiary/aromatic N) is 13. The van der Waals surface area contributed by atoms with Crippen LogP contribution in [0.3, 0.4) is 0 Å². The summed E-state index contributed by atoms with van der Waals surface area (Å²) in [7, 11) is 7.36. The summed E-state index contributed by atoms with van der Waals surface area (Å²) in [4.78, 5) is 50.6. The number of piperazine rings is 1. The molecular weight excluding hydrogens is 1350 g/mol. The molecule has 0 spiro atoms. The van der Waals surface area contributed by atoms with Crippen LogP contribution in [0.5, 0.6) is 35.3 Å². The molecule has 5 atom stereocenters. The van der Waals surface area contributed by atoms with Crippen LogP contribution < -0.4 is 28.7 Å². The van der Waals surface area contributed by atoms with E-state index in [2.05, 4.69) is 85.5 Å². The van der Waals surface area contributed by atoms with E-state index in [1.165, 1.54) is 12.5 Å². The van der Waals surface area contributed by atoms with Gasteiger partial charge in [0.15, 0.2) is 11.5 Å². The van der Waals surface area contributed by atoms with Crippen LogP contribution >= 0.6 is 98.5 Å². The number of carbonyl (C=O) groups is 1. The molecule has 0 aliphatic carbocycles. The van der Waals surface area contributed by atoms with E-state index in [1.54, 1.807) is 55.8 Å². The topological polar surface area (TPSA) is 223 Å². The molecule has 4 aliphatic heterocycles. The van der Waals surface area contributed by atoms with Gasteiger partial charge in [-0.15, -0.1) is 0 Å². The number of hydrogen-bond acceptors (Lipinski definition) is 19. The molecule has 0 radical (unpaired) electrons. The molecule has 2 aromatic carbocycles. The van der Waals surface area contributed by atoms with Gasteiger partial charge in [0, 0.05) is 79.7 Å². The van der Waals surface area contributed by atoms with Gasteiger partial charge >= 0.3 is 12.0 Å². The molecule has 0 bridgehead atoms. The molecule has 12 rings (SSSR count). The number of anilines is 2. The highest BCUT2D eigenvalue weighted by Crippen LogP contribution is 2.45. The Kier molecular flexibility index (Phi) is 22.2. The Morgan fingerprint density at radius 2 is 1.02 bits per heavy atom. The molecule has 10 heterocycles. The van der Waals surface area contributed by atoms with Crippen molar-refractivity contribution < 1.29 is 37.9 Å². The maximum Gasteiger partial charge on any atom is 0.319 e. The number of hydrogen-bond donors (Lipinski definition) is 2. The molecule has 6 aromatic heterocycles. The van der Waals surface area contributed by atoms with Gasteiger partial charge in [-0.1, -0.05) is 113 Å². The van der Waals surface area contributed by atoms with Crippen LogP contribution in [-0.2, 0) is 14.3 Å². The number of halogens is 8. The number of benzene rings is 2. The fourth-order valence-electron chi connectivity index (χ4n) is 10.4. The average Bonchev–Trinajstić information content (AvgIpc) is 2.05. The predicted octanol–water partition coefficient (Wildman–Crippen LogP) is 11.5. The Bertz CT molecular complexity index is 3660. The molecule has 4 saturated heterocycles. The van der Waals surface area contributed by atoms with E-state index in [1.807, 2.05) is 14.1 Å². The number of amides is 1. The number of fused-ring (bicyclic) bond motifs is 4. The average molecular weight is 1410 g/mol. The quantitative estimate of drug-likeness (QED) is 0.0474.